The van der Waals surface area contributed by atoms with Crippen LogP contribution in [0.2, 0.25) is 0 Å². The summed E-state index contributed by atoms with van der Waals surface area (Å²) >= 11 is 4.81. The normalized spacial score (nSPS) is 10.7. The number of aromatic nitrogens is 1. The molecule has 0 amide bonds. The molecular weight excluding hydrogens is 342 g/mol. The summed E-state index contributed by atoms with van der Waals surface area (Å²) < 4.78 is 6.56. The molecule has 3 aromatic rings. The van der Waals surface area contributed by atoms with E-state index < -0.39 is 5.97 Å². The third-order valence-corrected chi connectivity index (χ3v) is 4.18. The first-order valence-electron chi connectivity index (χ1n) is 5.69. The summed E-state index contributed by atoms with van der Waals surface area (Å²) in [6, 6.07) is 11.0. The van der Waals surface area contributed by atoms with Crippen LogP contribution in [0.15, 0.2) is 50.0 Å². The molecule has 0 radical (unpaired) electrons. The number of thiophene rings is 1. The molecule has 0 spiro atoms. The van der Waals surface area contributed by atoms with Crippen molar-refractivity contribution in [3.05, 3.63) is 51.3 Å². The summed E-state index contributed by atoms with van der Waals surface area (Å²) in [4.78, 5) is 15.4. The van der Waals surface area contributed by atoms with Crippen molar-refractivity contribution in [1.82, 2.24) is 4.98 Å². The molecule has 3 rings (SSSR count). The van der Waals surface area contributed by atoms with Gasteiger partial charge in [-0.1, -0.05) is 18.2 Å². The van der Waals surface area contributed by atoms with Gasteiger partial charge in [-0.25, -0.2) is 9.78 Å². The lowest BCUT2D eigenvalue weighted by atomic mass is 10.2. The van der Waals surface area contributed by atoms with Crippen molar-refractivity contribution < 1.29 is 14.3 Å². The molecule has 2 aromatic heterocycles. The van der Waals surface area contributed by atoms with Crippen molar-refractivity contribution >= 4 is 33.2 Å². The summed E-state index contributed by atoms with van der Waals surface area (Å²) in [5.41, 5.74) is 1.37. The first-order valence-corrected chi connectivity index (χ1v) is 7.36. The number of halogens is 1. The Morgan fingerprint density at radius 2 is 2.00 bits per heavy atom. The molecule has 0 aliphatic carbocycles. The minimum Gasteiger partial charge on any atom is -0.476 e. The molecule has 0 saturated heterocycles. The molecule has 6 heteroatoms. The number of benzene rings is 1. The van der Waals surface area contributed by atoms with Crippen molar-refractivity contribution in [2.75, 3.05) is 0 Å². The van der Waals surface area contributed by atoms with E-state index in [1.165, 1.54) is 11.3 Å². The summed E-state index contributed by atoms with van der Waals surface area (Å²) in [6.45, 7) is 0. The summed E-state index contributed by atoms with van der Waals surface area (Å²) in [7, 11) is 0. The topological polar surface area (TPSA) is 63.3 Å². The lowest BCUT2D eigenvalue weighted by Gasteiger charge is -1.93. The van der Waals surface area contributed by atoms with Crippen LogP contribution < -0.4 is 0 Å². The van der Waals surface area contributed by atoms with Gasteiger partial charge in [0.1, 0.15) is 0 Å². The van der Waals surface area contributed by atoms with Crippen LogP contribution in [0.4, 0.5) is 0 Å². The first-order chi connectivity index (χ1) is 9.65. The van der Waals surface area contributed by atoms with Crippen molar-refractivity contribution in [3.63, 3.8) is 0 Å². The molecule has 1 aromatic carbocycles. The minimum absolute atomic E-state index is 0.0749. The largest absolute Gasteiger partial charge is 0.476 e. The predicted octanol–water partition coefficient (Wildman–Crippen LogP) is 4.53. The Kier molecular flexibility index (Phi) is 3.42. The predicted molar refractivity (Wildman–Crippen MR) is 79.9 cm³/mol. The molecule has 4 nitrogen and oxygen atoms in total. The summed E-state index contributed by atoms with van der Waals surface area (Å²) in [5.74, 6) is -0.521. The fourth-order valence-corrected chi connectivity index (χ4v) is 2.93. The van der Waals surface area contributed by atoms with Crippen molar-refractivity contribution in [2.24, 2.45) is 0 Å². The Bertz CT molecular complexity index is 764. The zero-order valence-corrected chi connectivity index (χ0v) is 12.4. The number of aromatic carboxylic acids is 1. The molecule has 0 saturated carbocycles. The van der Waals surface area contributed by atoms with Gasteiger partial charge in [0.15, 0.2) is 11.5 Å². The van der Waals surface area contributed by atoms with Gasteiger partial charge in [-0.3, -0.25) is 0 Å². The Balaban J connectivity index is 2.15. The van der Waals surface area contributed by atoms with Gasteiger partial charge in [0.25, 0.3) is 0 Å². The van der Waals surface area contributed by atoms with Crippen molar-refractivity contribution in [2.45, 2.75) is 0 Å². The van der Waals surface area contributed by atoms with E-state index in [9.17, 15) is 9.90 Å². The molecule has 100 valence electrons. The number of carboxylic acids is 1. The second kappa shape index (κ2) is 5.22. The highest BCUT2D eigenvalue weighted by atomic mass is 79.9. The van der Waals surface area contributed by atoms with Crippen LogP contribution in [0.25, 0.3) is 22.8 Å². The maximum atomic E-state index is 11.3. The third-order valence-electron chi connectivity index (χ3n) is 2.68. The highest BCUT2D eigenvalue weighted by Gasteiger charge is 2.22. The van der Waals surface area contributed by atoms with Crippen LogP contribution in [0.5, 0.6) is 0 Å². The van der Waals surface area contributed by atoms with E-state index in [1.54, 1.807) is 0 Å². The highest BCUT2D eigenvalue weighted by molar-refractivity contribution is 9.11. The first kappa shape index (κ1) is 13.1. The second-order valence-electron chi connectivity index (χ2n) is 4.01. The maximum absolute atomic E-state index is 11.3. The number of oxazole rings is 1. The monoisotopic (exact) mass is 349 g/mol. The molecule has 0 unspecified atom stereocenters. The molecule has 0 aliphatic heterocycles. The van der Waals surface area contributed by atoms with Crippen LogP contribution in [0.3, 0.4) is 0 Å². The van der Waals surface area contributed by atoms with E-state index in [-0.39, 0.29) is 11.5 Å². The number of carboxylic acid groups (broad SMARTS) is 1. The van der Waals surface area contributed by atoms with Gasteiger partial charge in [0, 0.05) is 16.5 Å². The van der Waals surface area contributed by atoms with Gasteiger partial charge >= 0.3 is 5.97 Å². The number of rotatable bonds is 3. The van der Waals surface area contributed by atoms with Gasteiger partial charge in [-0.2, -0.15) is 0 Å². The third kappa shape index (κ3) is 2.39. The van der Waals surface area contributed by atoms with Gasteiger partial charge in [-0.15, -0.1) is 11.3 Å². The second-order valence-corrected chi connectivity index (χ2v) is 6.30. The van der Waals surface area contributed by atoms with Crippen LogP contribution >= 0.6 is 27.3 Å². The number of hydrogen-bond acceptors (Lipinski definition) is 4. The lowest BCUT2D eigenvalue weighted by Crippen LogP contribution is -1.98. The average Bonchev–Trinajstić information content (AvgIpc) is 3.05. The Morgan fingerprint density at radius 1 is 1.25 bits per heavy atom. The minimum atomic E-state index is -1.10. The zero-order chi connectivity index (χ0) is 14.1. The van der Waals surface area contributed by atoms with Gasteiger partial charge in [-0.05, 0) is 34.1 Å². The smallest absolute Gasteiger partial charge is 0.358 e. The zero-order valence-electron chi connectivity index (χ0n) is 10.0. The van der Waals surface area contributed by atoms with E-state index in [0.717, 1.165) is 9.35 Å². The quantitative estimate of drug-likeness (QED) is 0.754. The van der Waals surface area contributed by atoms with Gasteiger partial charge < -0.3 is 9.52 Å². The number of nitrogens with zero attached hydrogens (tertiary/aromatic N) is 1. The van der Waals surface area contributed by atoms with E-state index in [0.29, 0.717) is 11.5 Å². The van der Waals surface area contributed by atoms with Crippen LogP contribution in [0.1, 0.15) is 10.5 Å². The number of hydrogen-bond donors (Lipinski definition) is 1. The lowest BCUT2D eigenvalue weighted by molar-refractivity contribution is 0.0691. The summed E-state index contributed by atoms with van der Waals surface area (Å²) in [5, 5.41) is 11.1. The molecule has 1 N–H and O–H groups in total. The average molecular weight is 350 g/mol. The standard InChI is InChI=1S/C14H8BrNO3S/c15-10-6-9(7-20-10)12-11(14(17)18)16-13(19-12)8-4-2-1-3-5-8/h1-7H,(H,17,18). The van der Waals surface area contributed by atoms with Crippen molar-refractivity contribution in [3.8, 4) is 22.8 Å². The molecule has 20 heavy (non-hydrogen) atoms. The number of carbonyl (C=O) groups is 1. The van der Waals surface area contributed by atoms with Crippen LogP contribution in [0, 0.1) is 0 Å². The Hall–Kier alpha value is -1.92. The molecule has 0 atom stereocenters. The van der Waals surface area contributed by atoms with Crippen molar-refractivity contribution in [1.29, 1.82) is 0 Å². The molecular formula is C14H8BrNO3S. The fraction of sp³-hybridized carbons (Fsp3) is 0. The molecule has 0 bridgehead atoms. The maximum Gasteiger partial charge on any atom is 0.358 e. The Labute approximate surface area is 126 Å². The highest BCUT2D eigenvalue weighted by Crippen LogP contribution is 2.34. The molecule has 0 fully saturated rings. The van der Waals surface area contributed by atoms with E-state index in [2.05, 4.69) is 20.9 Å². The van der Waals surface area contributed by atoms with E-state index in [4.69, 9.17) is 4.42 Å². The van der Waals surface area contributed by atoms with Gasteiger partial charge in [0.05, 0.1) is 3.79 Å². The molecule has 2 heterocycles. The fourth-order valence-electron chi connectivity index (χ4n) is 1.79. The Morgan fingerprint density at radius 3 is 2.60 bits per heavy atom. The van der Waals surface area contributed by atoms with Crippen LogP contribution in [-0.4, -0.2) is 16.1 Å². The summed E-state index contributed by atoms with van der Waals surface area (Å²) in [6.07, 6.45) is 0. The van der Waals surface area contributed by atoms with Crippen LogP contribution in [-0.2, 0) is 0 Å². The van der Waals surface area contributed by atoms with E-state index in [1.807, 2.05) is 41.8 Å². The molecule has 0 aliphatic rings. The SMILES string of the molecule is O=C(O)c1nc(-c2ccccc2)oc1-c1csc(Br)c1. The van der Waals surface area contributed by atoms with Gasteiger partial charge in [0.2, 0.25) is 5.89 Å². The van der Waals surface area contributed by atoms with E-state index >= 15 is 0 Å².